The topological polar surface area (TPSA) is 41.6 Å². The molecule has 1 N–H and O–H groups in total. The summed E-state index contributed by atoms with van der Waals surface area (Å²) in [6, 6.07) is 10.4. The van der Waals surface area contributed by atoms with E-state index in [0.29, 0.717) is 19.0 Å². The number of nitrogens with zero attached hydrogens (tertiary/aromatic N) is 1. The van der Waals surface area contributed by atoms with Gasteiger partial charge in [0.15, 0.2) is 0 Å². The number of methoxy groups -OCH3 is 1. The maximum atomic E-state index is 12.3. The number of rotatable bonds is 8. The second kappa shape index (κ2) is 9.02. The van der Waals surface area contributed by atoms with Crippen LogP contribution in [0.15, 0.2) is 41.1 Å². The summed E-state index contributed by atoms with van der Waals surface area (Å²) >= 11 is 1.72. The molecular weight excluding hydrogens is 332 g/mol. The molecule has 0 radical (unpaired) electrons. The van der Waals surface area contributed by atoms with E-state index in [4.69, 9.17) is 4.74 Å². The Labute approximate surface area is 153 Å². The number of carbonyl (C=O) groups is 1. The monoisotopic (exact) mass is 358 g/mol. The standard InChI is InChI=1S/C20H26N2O2S/c1-24-18-7-4-16(5-8-18)6-9-20(23)21-14-19(17-10-13-25-15-17)22-11-2-3-12-22/h4-5,7-8,10,13,15,19H,2-3,6,9,11-12,14H2,1H3,(H,21,23)/t19-/m0/s1. The number of carbonyl (C=O) groups excluding carboxylic acids is 1. The molecule has 134 valence electrons. The van der Waals surface area contributed by atoms with E-state index in [0.717, 1.165) is 30.8 Å². The van der Waals surface area contributed by atoms with Gasteiger partial charge in [-0.25, -0.2) is 0 Å². The van der Waals surface area contributed by atoms with Crippen LogP contribution in [-0.4, -0.2) is 37.6 Å². The van der Waals surface area contributed by atoms with Crippen molar-refractivity contribution in [3.8, 4) is 5.75 Å². The molecule has 25 heavy (non-hydrogen) atoms. The molecule has 3 rings (SSSR count). The van der Waals surface area contributed by atoms with Crippen molar-refractivity contribution in [3.63, 3.8) is 0 Å². The van der Waals surface area contributed by atoms with E-state index in [1.165, 1.54) is 18.4 Å². The van der Waals surface area contributed by atoms with E-state index in [2.05, 4.69) is 27.0 Å². The van der Waals surface area contributed by atoms with E-state index in [-0.39, 0.29) is 5.91 Å². The fraction of sp³-hybridized carbons (Fsp3) is 0.450. The van der Waals surface area contributed by atoms with E-state index in [1.54, 1.807) is 18.4 Å². The Kier molecular flexibility index (Phi) is 6.48. The zero-order valence-electron chi connectivity index (χ0n) is 14.7. The molecule has 1 amide bonds. The lowest BCUT2D eigenvalue weighted by Gasteiger charge is -2.27. The number of aryl methyl sites for hydroxylation is 1. The summed E-state index contributed by atoms with van der Waals surface area (Å²) < 4.78 is 5.16. The van der Waals surface area contributed by atoms with Gasteiger partial charge in [0, 0.05) is 13.0 Å². The van der Waals surface area contributed by atoms with Crippen molar-refractivity contribution in [1.82, 2.24) is 10.2 Å². The van der Waals surface area contributed by atoms with E-state index < -0.39 is 0 Å². The average molecular weight is 359 g/mol. The van der Waals surface area contributed by atoms with Crippen molar-refractivity contribution in [2.45, 2.75) is 31.7 Å². The molecule has 1 aliphatic rings. The molecule has 0 saturated carbocycles. The molecule has 0 aliphatic carbocycles. The molecule has 1 aliphatic heterocycles. The van der Waals surface area contributed by atoms with Crippen LogP contribution in [0.25, 0.3) is 0 Å². The third kappa shape index (κ3) is 5.06. The smallest absolute Gasteiger partial charge is 0.220 e. The minimum Gasteiger partial charge on any atom is -0.497 e. The van der Waals surface area contributed by atoms with Crippen LogP contribution in [0.4, 0.5) is 0 Å². The first-order chi connectivity index (χ1) is 12.3. The second-order valence-electron chi connectivity index (χ2n) is 6.47. The van der Waals surface area contributed by atoms with Crippen LogP contribution in [0.2, 0.25) is 0 Å². The van der Waals surface area contributed by atoms with Crippen LogP contribution < -0.4 is 10.1 Å². The summed E-state index contributed by atoms with van der Waals surface area (Å²) in [5, 5.41) is 7.46. The van der Waals surface area contributed by atoms with Crippen molar-refractivity contribution in [3.05, 3.63) is 52.2 Å². The van der Waals surface area contributed by atoms with Crippen LogP contribution in [0.5, 0.6) is 5.75 Å². The summed E-state index contributed by atoms with van der Waals surface area (Å²) in [5.74, 6) is 0.965. The van der Waals surface area contributed by atoms with E-state index >= 15 is 0 Å². The first-order valence-corrected chi connectivity index (χ1v) is 9.86. The van der Waals surface area contributed by atoms with Crippen molar-refractivity contribution in [2.75, 3.05) is 26.7 Å². The Balaban J connectivity index is 1.49. The van der Waals surface area contributed by atoms with Gasteiger partial charge in [-0.05, 0) is 72.4 Å². The summed E-state index contributed by atoms with van der Waals surface area (Å²) in [7, 11) is 1.66. The quantitative estimate of drug-likeness (QED) is 0.783. The van der Waals surface area contributed by atoms with E-state index in [9.17, 15) is 4.79 Å². The molecule has 4 nitrogen and oxygen atoms in total. The predicted molar refractivity (Wildman–Crippen MR) is 102 cm³/mol. The van der Waals surface area contributed by atoms with Gasteiger partial charge in [-0.2, -0.15) is 11.3 Å². The van der Waals surface area contributed by atoms with Gasteiger partial charge in [-0.15, -0.1) is 0 Å². The van der Waals surface area contributed by atoms with Crippen LogP contribution >= 0.6 is 11.3 Å². The zero-order valence-corrected chi connectivity index (χ0v) is 15.6. The number of thiophene rings is 1. The highest BCUT2D eigenvalue weighted by atomic mass is 32.1. The van der Waals surface area contributed by atoms with Crippen molar-refractivity contribution < 1.29 is 9.53 Å². The highest BCUT2D eigenvalue weighted by molar-refractivity contribution is 7.07. The summed E-state index contributed by atoms with van der Waals surface area (Å²) in [5.41, 5.74) is 2.48. The number of amides is 1. The Bertz CT molecular complexity index is 649. The number of benzene rings is 1. The van der Waals surface area contributed by atoms with Gasteiger partial charge in [-0.3, -0.25) is 9.69 Å². The minimum absolute atomic E-state index is 0.121. The first kappa shape index (κ1) is 18.0. The molecule has 0 unspecified atom stereocenters. The number of hydrogen-bond donors (Lipinski definition) is 1. The number of nitrogens with one attached hydrogen (secondary N) is 1. The predicted octanol–water partition coefficient (Wildman–Crippen LogP) is 3.64. The maximum absolute atomic E-state index is 12.3. The molecule has 5 heteroatoms. The number of ether oxygens (including phenoxy) is 1. The largest absolute Gasteiger partial charge is 0.497 e. The normalized spacial score (nSPS) is 15.9. The Hall–Kier alpha value is -1.85. The fourth-order valence-electron chi connectivity index (χ4n) is 3.32. The van der Waals surface area contributed by atoms with Crippen LogP contribution in [0.1, 0.15) is 36.4 Å². The van der Waals surface area contributed by atoms with Gasteiger partial charge in [0.2, 0.25) is 5.91 Å². The molecule has 2 aromatic rings. The highest BCUT2D eigenvalue weighted by Crippen LogP contribution is 2.26. The third-order valence-corrected chi connectivity index (χ3v) is 5.50. The van der Waals surface area contributed by atoms with Gasteiger partial charge < -0.3 is 10.1 Å². The van der Waals surface area contributed by atoms with E-state index in [1.807, 2.05) is 24.3 Å². The second-order valence-corrected chi connectivity index (χ2v) is 7.25. The van der Waals surface area contributed by atoms with Crippen LogP contribution in [-0.2, 0) is 11.2 Å². The molecule has 0 bridgehead atoms. The van der Waals surface area contributed by atoms with Crippen molar-refractivity contribution in [2.24, 2.45) is 0 Å². The summed E-state index contributed by atoms with van der Waals surface area (Å²) in [6.45, 7) is 2.95. The fourth-order valence-corrected chi connectivity index (χ4v) is 4.03. The molecule has 1 aromatic carbocycles. The molecular formula is C20H26N2O2S. The Morgan fingerprint density at radius 1 is 1.24 bits per heavy atom. The maximum Gasteiger partial charge on any atom is 0.220 e. The zero-order chi connectivity index (χ0) is 17.5. The molecule has 1 aromatic heterocycles. The SMILES string of the molecule is COc1ccc(CCC(=O)NC[C@@H](c2ccsc2)N2CCCC2)cc1. The Morgan fingerprint density at radius 3 is 2.64 bits per heavy atom. The van der Waals surface area contributed by atoms with Crippen molar-refractivity contribution >= 4 is 17.2 Å². The molecule has 1 saturated heterocycles. The minimum atomic E-state index is 0.121. The number of likely N-dealkylation sites (tertiary alicyclic amines) is 1. The van der Waals surface area contributed by atoms with Gasteiger partial charge in [-0.1, -0.05) is 12.1 Å². The molecule has 1 fully saturated rings. The van der Waals surface area contributed by atoms with Crippen LogP contribution in [0.3, 0.4) is 0 Å². The third-order valence-electron chi connectivity index (χ3n) is 4.80. The Morgan fingerprint density at radius 2 is 2.00 bits per heavy atom. The lowest BCUT2D eigenvalue weighted by atomic mass is 10.1. The summed E-state index contributed by atoms with van der Waals surface area (Å²) in [6.07, 6.45) is 3.78. The summed E-state index contributed by atoms with van der Waals surface area (Å²) in [4.78, 5) is 14.8. The van der Waals surface area contributed by atoms with Crippen molar-refractivity contribution in [1.29, 1.82) is 0 Å². The highest BCUT2D eigenvalue weighted by Gasteiger charge is 2.24. The lowest BCUT2D eigenvalue weighted by molar-refractivity contribution is -0.121. The average Bonchev–Trinajstić information content (AvgIpc) is 3.35. The van der Waals surface area contributed by atoms with Crippen LogP contribution in [0, 0.1) is 0 Å². The van der Waals surface area contributed by atoms with Gasteiger partial charge in [0.1, 0.15) is 5.75 Å². The van der Waals surface area contributed by atoms with Gasteiger partial charge >= 0.3 is 0 Å². The van der Waals surface area contributed by atoms with Gasteiger partial charge in [0.25, 0.3) is 0 Å². The molecule has 2 heterocycles. The first-order valence-electron chi connectivity index (χ1n) is 8.92. The number of hydrogen-bond acceptors (Lipinski definition) is 4. The molecule has 1 atom stereocenters. The molecule has 0 spiro atoms. The van der Waals surface area contributed by atoms with Gasteiger partial charge in [0.05, 0.1) is 13.2 Å². The lowest BCUT2D eigenvalue weighted by Crippen LogP contribution is -2.36.